The highest BCUT2D eigenvalue weighted by Crippen LogP contribution is 2.30. The third-order valence-corrected chi connectivity index (χ3v) is 5.80. The summed E-state index contributed by atoms with van der Waals surface area (Å²) in [6, 6.07) is 16.2. The number of tetrazole rings is 1. The first-order valence-electron chi connectivity index (χ1n) is 12.4. The Bertz CT molecular complexity index is 1400. The van der Waals surface area contributed by atoms with E-state index in [9.17, 15) is 14.7 Å². The second kappa shape index (κ2) is 10.9. The summed E-state index contributed by atoms with van der Waals surface area (Å²) in [5.41, 5.74) is 1.63. The molecule has 0 aliphatic heterocycles. The number of aromatic hydroxyl groups is 1. The van der Waals surface area contributed by atoms with Gasteiger partial charge in [0.05, 0.1) is 0 Å². The van der Waals surface area contributed by atoms with Crippen LogP contribution in [0.1, 0.15) is 50.6 Å². The van der Waals surface area contributed by atoms with Gasteiger partial charge in [-0.25, -0.2) is 0 Å². The first kappa shape index (κ1) is 26.6. The van der Waals surface area contributed by atoms with Crippen LogP contribution in [0.15, 0.2) is 65.1 Å². The molecule has 0 aliphatic rings. The van der Waals surface area contributed by atoms with Crippen molar-refractivity contribution >= 4 is 17.5 Å². The van der Waals surface area contributed by atoms with Gasteiger partial charge >= 0.3 is 0 Å². The Morgan fingerprint density at radius 2 is 1.74 bits per heavy atom. The number of carbonyl (C=O) groups is 2. The first-order valence-corrected chi connectivity index (χ1v) is 12.4. The van der Waals surface area contributed by atoms with Crippen LogP contribution in [0.2, 0.25) is 0 Å². The van der Waals surface area contributed by atoms with Gasteiger partial charge in [0.25, 0.3) is 5.91 Å². The van der Waals surface area contributed by atoms with Crippen LogP contribution in [0.3, 0.4) is 0 Å². The van der Waals surface area contributed by atoms with Crippen LogP contribution in [0.4, 0.5) is 5.69 Å². The number of hydrogen-bond acceptors (Lipinski definition) is 7. The molecule has 0 saturated carbocycles. The van der Waals surface area contributed by atoms with E-state index in [2.05, 4.69) is 20.7 Å². The molecule has 4 aromatic rings. The van der Waals surface area contributed by atoms with Crippen LogP contribution in [0.5, 0.6) is 5.75 Å². The molecule has 10 nitrogen and oxygen atoms in total. The van der Waals surface area contributed by atoms with Crippen LogP contribution >= 0.6 is 0 Å². The van der Waals surface area contributed by atoms with Gasteiger partial charge in [-0.3, -0.25) is 14.5 Å². The lowest BCUT2D eigenvalue weighted by atomic mass is 10.00. The molecule has 2 aromatic carbocycles. The number of aromatic nitrogens is 4. The van der Waals surface area contributed by atoms with E-state index < -0.39 is 17.5 Å². The highest BCUT2D eigenvalue weighted by molar-refractivity contribution is 6.01. The monoisotopic (exact) mass is 516 g/mol. The Hall–Kier alpha value is -4.47. The molecule has 0 radical (unpaired) electrons. The number of rotatable bonds is 8. The molecule has 2 heterocycles. The molecule has 0 spiro atoms. The predicted molar refractivity (Wildman–Crippen MR) is 142 cm³/mol. The summed E-state index contributed by atoms with van der Waals surface area (Å²) < 4.78 is 5.56. The molecule has 0 saturated heterocycles. The second-order valence-electron chi connectivity index (χ2n) is 10.1. The minimum Gasteiger partial charge on any atom is -0.508 e. The standard InChI is InChI=1S/C28H32N6O4/c1-6-19-8-12-21(13-9-19)34(24(36)17-33-31-26(30-32-33)23-16-7-18(2)38-23)25(27(37)29-28(3,4)5)20-10-14-22(35)15-11-20/h7-16,25,35H,6,17H2,1-5H3,(H,29,37)/t25-/m1/s1. The molecule has 10 heteroatoms. The van der Waals surface area contributed by atoms with Crippen molar-refractivity contribution in [3.63, 3.8) is 0 Å². The lowest BCUT2D eigenvalue weighted by Gasteiger charge is -2.33. The van der Waals surface area contributed by atoms with Crippen LogP contribution in [0.25, 0.3) is 11.6 Å². The van der Waals surface area contributed by atoms with Gasteiger partial charge in [-0.1, -0.05) is 31.2 Å². The molecular formula is C28H32N6O4. The van der Waals surface area contributed by atoms with Gasteiger partial charge < -0.3 is 14.8 Å². The maximum Gasteiger partial charge on any atom is 0.251 e. The number of nitrogens with one attached hydrogen (secondary N) is 1. The number of anilines is 1. The fourth-order valence-corrected chi connectivity index (χ4v) is 4.00. The fraction of sp³-hybridized carbons (Fsp3) is 0.321. The van der Waals surface area contributed by atoms with E-state index in [4.69, 9.17) is 4.42 Å². The van der Waals surface area contributed by atoms with E-state index in [-0.39, 0.29) is 24.0 Å². The van der Waals surface area contributed by atoms with E-state index in [0.717, 1.165) is 12.0 Å². The molecule has 0 aliphatic carbocycles. The Labute approximate surface area is 221 Å². The number of carbonyl (C=O) groups excluding carboxylic acids is 2. The first-order chi connectivity index (χ1) is 18.0. The highest BCUT2D eigenvalue weighted by atomic mass is 16.3. The zero-order chi connectivity index (χ0) is 27.4. The summed E-state index contributed by atoms with van der Waals surface area (Å²) in [6.45, 7) is 9.21. The molecule has 2 aromatic heterocycles. The average molecular weight is 517 g/mol. The van der Waals surface area contributed by atoms with Gasteiger partial charge in [-0.15, -0.1) is 10.2 Å². The van der Waals surface area contributed by atoms with Crippen molar-refractivity contribution in [2.24, 2.45) is 0 Å². The number of phenolic OH excluding ortho intramolecular Hbond substituents is 1. The summed E-state index contributed by atoms with van der Waals surface area (Å²) in [7, 11) is 0. The molecule has 2 N–H and O–H groups in total. The molecule has 0 bridgehead atoms. The number of benzene rings is 2. The third kappa shape index (κ3) is 6.26. The van der Waals surface area contributed by atoms with Crippen LogP contribution in [-0.2, 0) is 22.6 Å². The lowest BCUT2D eigenvalue weighted by molar-refractivity contribution is -0.128. The summed E-state index contributed by atoms with van der Waals surface area (Å²) in [5.74, 6) is 0.674. The summed E-state index contributed by atoms with van der Waals surface area (Å²) in [4.78, 5) is 30.2. The van der Waals surface area contributed by atoms with Crippen molar-refractivity contribution in [3.8, 4) is 17.3 Å². The van der Waals surface area contributed by atoms with E-state index in [0.29, 0.717) is 22.8 Å². The van der Waals surface area contributed by atoms with Crippen molar-refractivity contribution in [2.75, 3.05) is 4.90 Å². The van der Waals surface area contributed by atoms with Crippen molar-refractivity contribution in [1.82, 2.24) is 25.5 Å². The van der Waals surface area contributed by atoms with Gasteiger partial charge in [0.1, 0.15) is 24.1 Å². The Morgan fingerprint density at radius 1 is 1.05 bits per heavy atom. The maximum atomic E-state index is 13.9. The molecule has 2 amide bonds. The van der Waals surface area contributed by atoms with Gasteiger partial charge in [0.15, 0.2) is 5.76 Å². The second-order valence-corrected chi connectivity index (χ2v) is 10.1. The largest absolute Gasteiger partial charge is 0.508 e. The number of phenols is 1. The van der Waals surface area contributed by atoms with Crippen molar-refractivity contribution in [3.05, 3.63) is 77.6 Å². The maximum absolute atomic E-state index is 13.9. The fourth-order valence-electron chi connectivity index (χ4n) is 4.00. The topological polar surface area (TPSA) is 126 Å². The Kier molecular flexibility index (Phi) is 7.61. The molecule has 1 atom stereocenters. The van der Waals surface area contributed by atoms with E-state index >= 15 is 0 Å². The van der Waals surface area contributed by atoms with Crippen LogP contribution in [0, 0.1) is 6.92 Å². The number of furan rings is 1. The molecule has 0 unspecified atom stereocenters. The zero-order valence-corrected chi connectivity index (χ0v) is 22.2. The van der Waals surface area contributed by atoms with Gasteiger partial charge in [-0.05, 0) is 86.9 Å². The normalized spacial score (nSPS) is 12.2. The number of nitrogens with zero attached hydrogens (tertiary/aromatic N) is 5. The van der Waals surface area contributed by atoms with E-state index in [1.165, 1.54) is 21.8 Å². The van der Waals surface area contributed by atoms with Gasteiger partial charge in [-0.2, -0.15) is 4.80 Å². The van der Waals surface area contributed by atoms with Crippen LogP contribution in [-0.4, -0.2) is 42.7 Å². The van der Waals surface area contributed by atoms with Crippen LogP contribution < -0.4 is 10.2 Å². The summed E-state index contributed by atoms with van der Waals surface area (Å²) in [6.07, 6.45) is 0.831. The third-order valence-electron chi connectivity index (χ3n) is 5.80. The smallest absolute Gasteiger partial charge is 0.251 e. The lowest BCUT2D eigenvalue weighted by Crippen LogP contribution is -2.50. The van der Waals surface area contributed by atoms with Crippen molar-refractivity contribution in [2.45, 2.75) is 59.2 Å². The van der Waals surface area contributed by atoms with Crippen molar-refractivity contribution in [1.29, 1.82) is 0 Å². The zero-order valence-electron chi connectivity index (χ0n) is 22.2. The minimum absolute atomic E-state index is 0.0569. The SMILES string of the molecule is CCc1ccc(N(C(=O)Cn2nnc(-c3ccc(C)o3)n2)[C@@H](C(=O)NC(C)(C)C)c2ccc(O)cc2)cc1. The summed E-state index contributed by atoms with van der Waals surface area (Å²) >= 11 is 0. The number of hydrogen-bond donors (Lipinski definition) is 2. The quantitative estimate of drug-likeness (QED) is 0.359. The van der Waals surface area contributed by atoms with Gasteiger partial charge in [0, 0.05) is 11.2 Å². The number of amides is 2. The van der Waals surface area contributed by atoms with Gasteiger partial charge in [0.2, 0.25) is 11.7 Å². The molecule has 0 fully saturated rings. The average Bonchev–Trinajstić information content (AvgIpc) is 3.51. The molecule has 198 valence electrons. The number of aryl methyl sites for hydroxylation is 2. The molecule has 38 heavy (non-hydrogen) atoms. The highest BCUT2D eigenvalue weighted by Gasteiger charge is 2.35. The Morgan fingerprint density at radius 3 is 2.32 bits per heavy atom. The van der Waals surface area contributed by atoms with E-state index in [1.807, 2.05) is 58.9 Å². The Balaban J connectivity index is 1.75. The predicted octanol–water partition coefficient (Wildman–Crippen LogP) is 4.20. The molecule has 4 rings (SSSR count). The molecular weight excluding hydrogens is 484 g/mol. The minimum atomic E-state index is -1.02. The van der Waals surface area contributed by atoms with Crippen molar-refractivity contribution < 1.29 is 19.1 Å². The summed E-state index contributed by atoms with van der Waals surface area (Å²) in [5, 5.41) is 25.2. The van der Waals surface area contributed by atoms with E-state index in [1.54, 1.807) is 24.3 Å².